The molecule has 2 atom stereocenters. The number of carbonyl (C=O) groups excluding carboxylic acids is 1. The molecule has 0 unspecified atom stereocenters. The van der Waals surface area contributed by atoms with E-state index >= 15 is 0 Å². The molecule has 23 heavy (non-hydrogen) atoms. The second-order valence-electron chi connectivity index (χ2n) is 7.45. The van der Waals surface area contributed by atoms with Crippen LogP contribution in [0.5, 0.6) is 0 Å². The number of halogens is 1. The number of aryl methyl sites for hydroxylation is 1. The summed E-state index contributed by atoms with van der Waals surface area (Å²) in [5, 5.41) is 0. The Morgan fingerprint density at radius 3 is 2.57 bits per heavy atom. The lowest BCUT2D eigenvalue weighted by atomic mass is 9.48. The van der Waals surface area contributed by atoms with Gasteiger partial charge < -0.3 is 5.73 Å². The average molecular weight is 340 g/mol. The van der Waals surface area contributed by atoms with Gasteiger partial charge in [0.25, 0.3) is 0 Å². The summed E-state index contributed by atoms with van der Waals surface area (Å²) in [5.74, 6) is -1.15. The first-order valence-electron chi connectivity index (χ1n) is 7.57. The van der Waals surface area contributed by atoms with E-state index in [1.54, 1.807) is 6.92 Å². The van der Waals surface area contributed by atoms with Crippen molar-refractivity contribution in [3.63, 3.8) is 0 Å². The van der Waals surface area contributed by atoms with Gasteiger partial charge in [0, 0.05) is 13.1 Å². The Kier molecular flexibility index (Phi) is 3.40. The topological polar surface area (TPSA) is 80.5 Å². The molecule has 0 radical (unpaired) electrons. The minimum atomic E-state index is -3.85. The molecule has 0 aromatic heterocycles. The summed E-state index contributed by atoms with van der Waals surface area (Å²) in [7, 11) is -3.85. The maximum Gasteiger partial charge on any atom is 0.243 e. The molecule has 1 amide bonds. The number of rotatable bonds is 3. The molecule has 1 heterocycles. The molecule has 1 saturated carbocycles. The molecule has 5 nitrogen and oxygen atoms in total. The van der Waals surface area contributed by atoms with Crippen LogP contribution < -0.4 is 5.73 Å². The Bertz CT molecular complexity index is 791. The van der Waals surface area contributed by atoms with E-state index in [4.69, 9.17) is 5.73 Å². The van der Waals surface area contributed by atoms with Gasteiger partial charge in [-0.15, -0.1) is 0 Å². The highest BCUT2D eigenvalue weighted by Crippen LogP contribution is 2.63. The minimum Gasteiger partial charge on any atom is -0.369 e. The fourth-order valence-corrected chi connectivity index (χ4v) is 6.12. The van der Waals surface area contributed by atoms with Gasteiger partial charge in [0.1, 0.15) is 5.82 Å². The average Bonchev–Trinajstić information content (AvgIpc) is 2.78. The van der Waals surface area contributed by atoms with Crippen LogP contribution in [0.1, 0.15) is 25.8 Å². The predicted molar refractivity (Wildman–Crippen MR) is 83.4 cm³/mol. The van der Waals surface area contributed by atoms with Gasteiger partial charge in [0.05, 0.1) is 10.3 Å². The highest BCUT2D eigenvalue weighted by Gasteiger charge is 2.67. The van der Waals surface area contributed by atoms with Crippen molar-refractivity contribution in [2.45, 2.75) is 32.1 Å². The van der Waals surface area contributed by atoms with Crippen LogP contribution in [0.2, 0.25) is 0 Å². The fraction of sp³-hybridized carbons (Fsp3) is 0.562. The van der Waals surface area contributed by atoms with Crippen molar-refractivity contribution < 1.29 is 17.6 Å². The van der Waals surface area contributed by atoms with Crippen molar-refractivity contribution in [1.29, 1.82) is 0 Å². The Hall–Kier alpha value is -1.47. The lowest BCUT2D eigenvalue weighted by Gasteiger charge is -2.54. The summed E-state index contributed by atoms with van der Waals surface area (Å²) >= 11 is 0. The Morgan fingerprint density at radius 2 is 2.04 bits per heavy atom. The third-order valence-electron chi connectivity index (χ3n) is 5.48. The summed E-state index contributed by atoms with van der Waals surface area (Å²) in [5.41, 5.74) is 5.13. The molecular formula is C16H21FN2O3S. The largest absolute Gasteiger partial charge is 0.369 e. The van der Waals surface area contributed by atoms with Crippen LogP contribution in [0.4, 0.5) is 4.39 Å². The van der Waals surface area contributed by atoms with Crippen LogP contribution in [0.25, 0.3) is 0 Å². The third kappa shape index (κ3) is 2.21. The summed E-state index contributed by atoms with van der Waals surface area (Å²) in [4.78, 5) is 11.9. The van der Waals surface area contributed by atoms with Crippen molar-refractivity contribution in [2.75, 3.05) is 13.1 Å². The maximum absolute atomic E-state index is 13.5. The lowest BCUT2D eigenvalue weighted by Crippen LogP contribution is -2.59. The zero-order valence-electron chi connectivity index (χ0n) is 13.5. The first kappa shape index (κ1) is 16.4. The molecule has 0 bridgehead atoms. The standard InChI is InChI=1S/C16H21FN2O3S/c1-10-4-5-11(17)6-12(10)23(21,22)19-7-13-15(2,3)8-16(13,9-19)14(18)20/h4-6,13H,7-9H2,1-3H3,(H2,18,20)/t13-,16+/m1/s1. The van der Waals surface area contributed by atoms with Gasteiger partial charge in [0.15, 0.2) is 0 Å². The number of primary amides is 1. The number of sulfonamides is 1. The second kappa shape index (κ2) is 4.77. The van der Waals surface area contributed by atoms with E-state index in [-0.39, 0.29) is 29.3 Å². The Labute approximate surface area is 135 Å². The summed E-state index contributed by atoms with van der Waals surface area (Å²) < 4.78 is 40.6. The Morgan fingerprint density at radius 1 is 1.39 bits per heavy atom. The van der Waals surface area contributed by atoms with Gasteiger partial charge in [-0.1, -0.05) is 19.9 Å². The van der Waals surface area contributed by atoms with Crippen molar-refractivity contribution in [1.82, 2.24) is 4.31 Å². The molecule has 0 spiro atoms. The molecular weight excluding hydrogens is 319 g/mol. The number of hydrogen-bond acceptors (Lipinski definition) is 3. The molecule has 1 aromatic carbocycles. The third-order valence-corrected chi connectivity index (χ3v) is 7.44. The van der Waals surface area contributed by atoms with Gasteiger partial charge in [-0.05, 0) is 42.4 Å². The van der Waals surface area contributed by atoms with Gasteiger partial charge >= 0.3 is 0 Å². The molecule has 1 aliphatic heterocycles. The molecule has 2 fully saturated rings. The predicted octanol–water partition coefficient (Wildman–Crippen LogP) is 1.66. The van der Waals surface area contributed by atoms with Crippen LogP contribution >= 0.6 is 0 Å². The second-order valence-corrected chi connectivity index (χ2v) is 9.35. The SMILES string of the molecule is Cc1ccc(F)cc1S(=O)(=O)N1C[C@@H]2C(C)(C)C[C@]2(C(N)=O)C1. The van der Waals surface area contributed by atoms with Gasteiger partial charge in [-0.3, -0.25) is 4.79 Å². The zero-order chi connectivity index (χ0) is 17.2. The maximum atomic E-state index is 13.5. The smallest absolute Gasteiger partial charge is 0.243 e. The number of amides is 1. The first-order chi connectivity index (χ1) is 10.5. The van der Waals surface area contributed by atoms with E-state index in [2.05, 4.69) is 0 Å². The summed E-state index contributed by atoms with van der Waals surface area (Å²) in [6, 6.07) is 3.71. The van der Waals surface area contributed by atoms with E-state index < -0.39 is 27.2 Å². The molecule has 1 aliphatic carbocycles. The minimum absolute atomic E-state index is 0.0452. The van der Waals surface area contributed by atoms with Crippen LogP contribution in [-0.4, -0.2) is 31.7 Å². The van der Waals surface area contributed by atoms with Crippen molar-refractivity contribution >= 4 is 15.9 Å². The highest BCUT2D eigenvalue weighted by atomic mass is 32.2. The van der Waals surface area contributed by atoms with E-state index in [9.17, 15) is 17.6 Å². The quantitative estimate of drug-likeness (QED) is 0.908. The van der Waals surface area contributed by atoms with Crippen LogP contribution in [0.15, 0.2) is 23.1 Å². The molecule has 1 saturated heterocycles. The number of nitrogens with two attached hydrogens (primary N) is 1. The first-order valence-corrected chi connectivity index (χ1v) is 9.01. The molecule has 2 N–H and O–H groups in total. The molecule has 3 rings (SSSR count). The molecule has 1 aromatic rings. The van der Waals surface area contributed by atoms with Crippen molar-refractivity contribution in [2.24, 2.45) is 22.5 Å². The normalized spacial score (nSPS) is 29.8. The van der Waals surface area contributed by atoms with Gasteiger partial charge in [0.2, 0.25) is 15.9 Å². The van der Waals surface area contributed by atoms with E-state index in [1.807, 2.05) is 13.8 Å². The number of nitrogens with zero attached hydrogens (tertiary/aromatic N) is 1. The van der Waals surface area contributed by atoms with Gasteiger partial charge in [-0.2, -0.15) is 4.31 Å². The lowest BCUT2D eigenvalue weighted by molar-refractivity contribution is -0.148. The van der Waals surface area contributed by atoms with Gasteiger partial charge in [-0.25, -0.2) is 12.8 Å². The van der Waals surface area contributed by atoms with Crippen molar-refractivity contribution in [3.05, 3.63) is 29.6 Å². The molecule has 2 aliphatic rings. The van der Waals surface area contributed by atoms with Crippen LogP contribution in [-0.2, 0) is 14.8 Å². The zero-order valence-corrected chi connectivity index (χ0v) is 14.3. The van der Waals surface area contributed by atoms with E-state index in [1.165, 1.54) is 16.4 Å². The van der Waals surface area contributed by atoms with E-state index in [0.29, 0.717) is 12.0 Å². The summed E-state index contributed by atoms with van der Waals surface area (Å²) in [6.45, 7) is 5.98. The van der Waals surface area contributed by atoms with Crippen LogP contribution in [0, 0.1) is 29.5 Å². The number of fused-ring (bicyclic) bond motifs is 1. The Balaban J connectivity index is 2.00. The highest BCUT2D eigenvalue weighted by molar-refractivity contribution is 7.89. The number of benzene rings is 1. The number of hydrogen-bond donors (Lipinski definition) is 1. The molecule has 7 heteroatoms. The summed E-state index contributed by atoms with van der Waals surface area (Å²) in [6.07, 6.45) is 0.578. The van der Waals surface area contributed by atoms with Crippen LogP contribution in [0.3, 0.4) is 0 Å². The monoisotopic (exact) mass is 340 g/mol. The van der Waals surface area contributed by atoms with Crippen molar-refractivity contribution in [3.8, 4) is 0 Å². The number of carbonyl (C=O) groups is 1. The fourth-order valence-electron chi connectivity index (χ4n) is 4.36. The van der Waals surface area contributed by atoms with E-state index in [0.717, 1.165) is 6.07 Å². The molecule has 126 valence electrons.